The molecule has 0 spiro atoms. The van der Waals surface area contributed by atoms with Crippen LogP contribution in [-0.2, 0) is 0 Å². The van der Waals surface area contributed by atoms with Gasteiger partial charge in [0.15, 0.2) is 11.5 Å². The van der Waals surface area contributed by atoms with E-state index >= 15 is 0 Å². The lowest BCUT2D eigenvalue weighted by atomic mass is 9.75. The van der Waals surface area contributed by atoms with Crippen molar-refractivity contribution in [1.29, 1.82) is 0 Å². The van der Waals surface area contributed by atoms with Crippen molar-refractivity contribution < 1.29 is 14.6 Å². The van der Waals surface area contributed by atoms with E-state index in [9.17, 15) is 9.90 Å². The minimum absolute atomic E-state index is 0.0157. The maximum absolute atomic E-state index is 12.2. The van der Waals surface area contributed by atoms with E-state index in [1.165, 1.54) is 32.4 Å². The molecular formula is C16H22BrNO3. The highest BCUT2D eigenvalue weighted by Gasteiger charge is 2.31. The monoisotopic (exact) mass is 355 g/mol. The third-order valence-electron chi connectivity index (χ3n) is 4.26. The van der Waals surface area contributed by atoms with Crippen molar-refractivity contribution in [3.63, 3.8) is 0 Å². The van der Waals surface area contributed by atoms with Crippen LogP contribution in [0.25, 0.3) is 0 Å². The van der Waals surface area contributed by atoms with Crippen molar-refractivity contribution in [3.05, 3.63) is 23.8 Å². The van der Waals surface area contributed by atoms with Gasteiger partial charge in [0.1, 0.15) is 0 Å². The third kappa shape index (κ3) is 3.90. The number of rotatable bonds is 5. The molecule has 0 unspecified atom stereocenters. The molecule has 116 valence electrons. The Morgan fingerprint density at radius 3 is 2.67 bits per heavy atom. The van der Waals surface area contributed by atoms with Crippen molar-refractivity contribution in [2.24, 2.45) is 5.41 Å². The number of methoxy groups -OCH3 is 1. The van der Waals surface area contributed by atoms with Crippen molar-refractivity contribution in [1.82, 2.24) is 5.32 Å². The largest absolute Gasteiger partial charge is 0.504 e. The van der Waals surface area contributed by atoms with Gasteiger partial charge in [-0.1, -0.05) is 35.2 Å². The van der Waals surface area contributed by atoms with E-state index in [1.807, 2.05) is 0 Å². The van der Waals surface area contributed by atoms with E-state index in [4.69, 9.17) is 4.74 Å². The van der Waals surface area contributed by atoms with Crippen LogP contribution in [0.1, 0.15) is 42.5 Å². The number of ether oxygens (including phenoxy) is 1. The van der Waals surface area contributed by atoms with Crippen LogP contribution >= 0.6 is 15.9 Å². The van der Waals surface area contributed by atoms with Gasteiger partial charge in [-0.15, -0.1) is 0 Å². The Morgan fingerprint density at radius 2 is 2.10 bits per heavy atom. The Kier molecular flexibility index (Phi) is 5.51. The maximum Gasteiger partial charge on any atom is 0.251 e. The van der Waals surface area contributed by atoms with E-state index in [-0.39, 0.29) is 17.1 Å². The lowest BCUT2D eigenvalue weighted by molar-refractivity contribution is 0.0921. The zero-order valence-corrected chi connectivity index (χ0v) is 13.9. The summed E-state index contributed by atoms with van der Waals surface area (Å²) in [6.07, 6.45) is 6.03. The number of hydrogen-bond acceptors (Lipinski definition) is 3. The topological polar surface area (TPSA) is 58.6 Å². The number of carbonyl (C=O) groups is 1. The Balaban J connectivity index is 1.99. The minimum atomic E-state index is -0.154. The summed E-state index contributed by atoms with van der Waals surface area (Å²) in [7, 11) is 1.48. The van der Waals surface area contributed by atoms with Crippen LogP contribution in [-0.4, -0.2) is 30.0 Å². The van der Waals surface area contributed by atoms with Crippen molar-refractivity contribution in [2.45, 2.75) is 32.1 Å². The van der Waals surface area contributed by atoms with Crippen LogP contribution in [0.4, 0.5) is 0 Å². The molecule has 1 aromatic carbocycles. The molecule has 1 aliphatic carbocycles. The SMILES string of the molecule is COc1ccc(C(=O)NCC2(CBr)CCCCC2)cc1O. The second-order valence-electron chi connectivity index (χ2n) is 5.76. The fourth-order valence-corrected chi connectivity index (χ4v) is 3.62. The van der Waals surface area contributed by atoms with Crippen molar-refractivity contribution in [3.8, 4) is 11.5 Å². The first-order valence-corrected chi connectivity index (χ1v) is 8.43. The molecule has 1 aromatic rings. The maximum atomic E-state index is 12.2. The van der Waals surface area contributed by atoms with E-state index < -0.39 is 0 Å². The number of alkyl halides is 1. The number of nitrogens with one attached hydrogen (secondary N) is 1. The number of phenolic OH excluding ortho intramolecular Hbond substituents is 1. The van der Waals surface area contributed by atoms with Gasteiger partial charge >= 0.3 is 0 Å². The number of aromatic hydroxyl groups is 1. The highest BCUT2D eigenvalue weighted by Crippen LogP contribution is 2.37. The molecule has 0 atom stereocenters. The highest BCUT2D eigenvalue weighted by molar-refractivity contribution is 9.09. The van der Waals surface area contributed by atoms with Gasteiger partial charge in [-0.3, -0.25) is 4.79 Å². The summed E-state index contributed by atoms with van der Waals surface area (Å²) < 4.78 is 4.98. The van der Waals surface area contributed by atoms with E-state index in [0.717, 1.165) is 18.2 Å². The molecule has 21 heavy (non-hydrogen) atoms. The lowest BCUT2D eigenvalue weighted by Crippen LogP contribution is -2.40. The number of halogens is 1. The van der Waals surface area contributed by atoms with Crippen LogP contribution in [0.3, 0.4) is 0 Å². The smallest absolute Gasteiger partial charge is 0.251 e. The van der Waals surface area contributed by atoms with Gasteiger partial charge in [0.25, 0.3) is 5.91 Å². The molecule has 1 fully saturated rings. The van der Waals surface area contributed by atoms with Crippen LogP contribution < -0.4 is 10.1 Å². The lowest BCUT2D eigenvalue weighted by Gasteiger charge is -2.35. The fourth-order valence-electron chi connectivity index (χ4n) is 2.86. The predicted molar refractivity (Wildman–Crippen MR) is 86.3 cm³/mol. The van der Waals surface area contributed by atoms with Gasteiger partial charge in [-0.2, -0.15) is 0 Å². The molecule has 4 nitrogen and oxygen atoms in total. The van der Waals surface area contributed by atoms with E-state index in [0.29, 0.717) is 17.9 Å². The summed E-state index contributed by atoms with van der Waals surface area (Å²) in [6.45, 7) is 0.671. The molecule has 2 N–H and O–H groups in total. The minimum Gasteiger partial charge on any atom is -0.504 e. The summed E-state index contributed by atoms with van der Waals surface area (Å²) in [5.74, 6) is 0.202. The zero-order chi connectivity index (χ0) is 15.3. The normalized spacial score (nSPS) is 17.2. The molecule has 0 aromatic heterocycles. The summed E-state index contributed by atoms with van der Waals surface area (Å²) in [5.41, 5.74) is 0.622. The van der Waals surface area contributed by atoms with Crippen LogP contribution in [0, 0.1) is 5.41 Å². The molecule has 0 heterocycles. The number of amides is 1. The number of hydrogen-bond donors (Lipinski definition) is 2. The summed E-state index contributed by atoms with van der Waals surface area (Å²) in [5, 5.41) is 13.7. The Labute approximate surface area is 134 Å². The molecule has 1 aliphatic rings. The average Bonchev–Trinajstić information content (AvgIpc) is 2.53. The van der Waals surface area contributed by atoms with Crippen LogP contribution in [0.15, 0.2) is 18.2 Å². The summed E-state index contributed by atoms with van der Waals surface area (Å²) in [4.78, 5) is 12.2. The Bertz CT molecular complexity index is 498. The molecule has 1 saturated carbocycles. The number of benzene rings is 1. The van der Waals surface area contributed by atoms with Crippen LogP contribution in [0.2, 0.25) is 0 Å². The quantitative estimate of drug-likeness (QED) is 0.795. The molecule has 2 rings (SSSR count). The first-order chi connectivity index (χ1) is 10.1. The third-order valence-corrected chi connectivity index (χ3v) is 5.45. The number of phenols is 1. The molecule has 0 radical (unpaired) electrons. The van der Waals surface area contributed by atoms with Gasteiger partial charge in [-0.05, 0) is 36.5 Å². The number of carbonyl (C=O) groups excluding carboxylic acids is 1. The summed E-state index contributed by atoms with van der Waals surface area (Å²) >= 11 is 3.60. The second-order valence-corrected chi connectivity index (χ2v) is 6.32. The Morgan fingerprint density at radius 1 is 1.38 bits per heavy atom. The van der Waals surface area contributed by atoms with Gasteiger partial charge in [0.2, 0.25) is 0 Å². The molecule has 0 aliphatic heterocycles. The van der Waals surface area contributed by atoms with Crippen molar-refractivity contribution in [2.75, 3.05) is 19.0 Å². The van der Waals surface area contributed by atoms with Gasteiger partial charge < -0.3 is 15.2 Å². The van der Waals surface area contributed by atoms with Crippen molar-refractivity contribution >= 4 is 21.8 Å². The van der Waals surface area contributed by atoms with Gasteiger partial charge in [0, 0.05) is 17.4 Å². The predicted octanol–water partition coefficient (Wildman–Crippen LogP) is 3.48. The van der Waals surface area contributed by atoms with E-state index in [1.54, 1.807) is 12.1 Å². The van der Waals surface area contributed by atoms with Gasteiger partial charge in [0.05, 0.1) is 7.11 Å². The second kappa shape index (κ2) is 7.16. The highest BCUT2D eigenvalue weighted by atomic mass is 79.9. The first kappa shape index (κ1) is 16.1. The molecule has 1 amide bonds. The Hall–Kier alpha value is -1.23. The average molecular weight is 356 g/mol. The van der Waals surface area contributed by atoms with Gasteiger partial charge in [-0.25, -0.2) is 0 Å². The fraction of sp³-hybridized carbons (Fsp3) is 0.562. The summed E-state index contributed by atoms with van der Waals surface area (Å²) in [6, 6.07) is 4.70. The molecule has 0 bridgehead atoms. The molecule has 0 saturated heterocycles. The standard InChI is InChI=1S/C16H22BrNO3/c1-21-14-6-5-12(9-13(14)19)15(20)18-11-16(10-17)7-3-2-4-8-16/h5-6,9,19H,2-4,7-8,10-11H2,1H3,(H,18,20). The van der Waals surface area contributed by atoms with Crippen LogP contribution in [0.5, 0.6) is 11.5 Å². The zero-order valence-electron chi connectivity index (χ0n) is 12.3. The molecular weight excluding hydrogens is 334 g/mol. The first-order valence-electron chi connectivity index (χ1n) is 7.31. The van der Waals surface area contributed by atoms with E-state index in [2.05, 4.69) is 21.2 Å². The molecule has 5 heteroatoms.